The van der Waals surface area contributed by atoms with E-state index in [4.69, 9.17) is 5.73 Å². The van der Waals surface area contributed by atoms with Gasteiger partial charge >= 0.3 is 0 Å². The minimum atomic E-state index is 0.0322. The molecule has 112 valence electrons. The molecule has 1 amide bonds. The molecule has 0 saturated carbocycles. The van der Waals surface area contributed by atoms with E-state index in [1.807, 2.05) is 4.90 Å². The quantitative estimate of drug-likeness (QED) is 0.896. The van der Waals surface area contributed by atoms with Gasteiger partial charge in [0, 0.05) is 19.1 Å². The molecule has 5 nitrogen and oxygen atoms in total. The van der Waals surface area contributed by atoms with Crippen molar-refractivity contribution in [3.63, 3.8) is 0 Å². The summed E-state index contributed by atoms with van der Waals surface area (Å²) >= 11 is 1.37. The molecule has 1 aromatic rings. The van der Waals surface area contributed by atoms with E-state index in [1.54, 1.807) is 0 Å². The third-order valence-corrected chi connectivity index (χ3v) is 4.59. The fourth-order valence-electron chi connectivity index (χ4n) is 2.38. The number of nitrogens with one attached hydrogen (secondary N) is 1. The molecule has 2 heterocycles. The van der Waals surface area contributed by atoms with Crippen LogP contribution in [0.15, 0.2) is 0 Å². The fraction of sp³-hybridized carbons (Fsp3) is 0.714. The van der Waals surface area contributed by atoms with Crippen molar-refractivity contribution in [2.45, 2.75) is 46.1 Å². The number of hydrogen-bond donors (Lipinski definition) is 2. The molecule has 20 heavy (non-hydrogen) atoms. The predicted octanol–water partition coefficient (Wildman–Crippen LogP) is 2.81. The maximum absolute atomic E-state index is 12.6. The predicted molar refractivity (Wildman–Crippen MR) is 84.2 cm³/mol. The summed E-state index contributed by atoms with van der Waals surface area (Å²) in [6, 6.07) is 0.296. The molecule has 0 radical (unpaired) electrons. The number of nitrogen functional groups attached to an aromatic ring is 1. The molecule has 3 N–H and O–H groups in total. The lowest BCUT2D eigenvalue weighted by molar-refractivity contribution is 0.0641. The Morgan fingerprint density at radius 2 is 2.30 bits per heavy atom. The number of anilines is 2. The standard InChI is InChI=1S/C14H24N4OS/c1-9(2)8-16-14-17-12(15)11(20-14)13(19)18-7-5-4-6-10(18)3/h9-10H,4-8,15H2,1-3H3,(H,16,17). The lowest BCUT2D eigenvalue weighted by Crippen LogP contribution is -2.41. The first-order chi connectivity index (χ1) is 9.49. The summed E-state index contributed by atoms with van der Waals surface area (Å²) in [5.74, 6) is 0.912. The van der Waals surface area contributed by atoms with Gasteiger partial charge in [-0.05, 0) is 32.1 Å². The molecule has 0 spiro atoms. The van der Waals surface area contributed by atoms with Gasteiger partial charge in [-0.1, -0.05) is 25.2 Å². The van der Waals surface area contributed by atoms with Gasteiger partial charge in [0.25, 0.3) is 5.91 Å². The number of hydrogen-bond acceptors (Lipinski definition) is 5. The summed E-state index contributed by atoms with van der Waals surface area (Å²) in [6.45, 7) is 8.02. The highest BCUT2D eigenvalue weighted by Gasteiger charge is 2.27. The number of aromatic nitrogens is 1. The molecular weight excluding hydrogens is 272 g/mol. The summed E-state index contributed by atoms with van der Waals surface area (Å²) in [5.41, 5.74) is 5.91. The molecule has 0 bridgehead atoms. The lowest BCUT2D eigenvalue weighted by atomic mass is 10.0. The SMILES string of the molecule is CC(C)CNc1nc(N)c(C(=O)N2CCCCC2C)s1. The van der Waals surface area contributed by atoms with E-state index < -0.39 is 0 Å². The summed E-state index contributed by atoms with van der Waals surface area (Å²) in [4.78, 5) is 19.3. The maximum Gasteiger partial charge on any atom is 0.268 e. The van der Waals surface area contributed by atoms with Gasteiger partial charge in [0.1, 0.15) is 10.7 Å². The van der Waals surface area contributed by atoms with Crippen molar-refractivity contribution in [2.24, 2.45) is 5.92 Å². The first-order valence-electron chi connectivity index (χ1n) is 7.30. The summed E-state index contributed by atoms with van der Waals surface area (Å²) in [6.07, 6.45) is 3.35. The second-order valence-electron chi connectivity index (χ2n) is 5.85. The van der Waals surface area contributed by atoms with Crippen molar-refractivity contribution in [2.75, 3.05) is 24.1 Å². The topological polar surface area (TPSA) is 71.2 Å². The van der Waals surface area contributed by atoms with E-state index in [2.05, 4.69) is 31.1 Å². The van der Waals surface area contributed by atoms with Crippen LogP contribution in [0.25, 0.3) is 0 Å². The number of thiazole rings is 1. The first-order valence-corrected chi connectivity index (χ1v) is 8.11. The van der Waals surface area contributed by atoms with E-state index in [-0.39, 0.29) is 5.91 Å². The van der Waals surface area contributed by atoms with Gasteiger partial charge in [-0.3, -0.25) is 4.79 Å². The van der Waals surface area contributed by atoms with Crippen molar-refractivity contribution < 1.29 is 4.79 Å². The molecule has 1 unspecified atom stereocenters. The molecule has 1 aromatic heterocycles. The van der Waals surface area contributed by atoms with E-state index in [0.29, 0.717) is 22.7 Å². The van der Waals surface area contributed by atoms with Crippen LogP contribution in [0.2, 0.25) is 0 Å². The van der Waals surface area contributed by atoms with Crippen LogP contribution in [-0.4, -0.2) is 34.9 Å². The number of rotatable bonds is 4. The van der Waals surface area contributed by atoms with Gasteiger partial charge in [-0.15, -0.1) is 0 Å². The Hall–Kier alpha value is -1.30. The largest absolute Gasteiger partial charge is 0.382 e. The van der Waals surface area contributed by atoms with Crippen LogP contribution in [0.3, 0.4) is 0 Å². The van der Waals surface area contributed by atoms with Crippen LogP contribution < -0.4 is 11.1 Å². The van der Waals surface area contributed by atoms with Crippen molar-refractivity contribution in [3.8, 4) is 0 Å². The summed E-state index contributed by atoms with van der Waals surface area (Å²) in [5, 5.41) is 3.97. The molecular formula is C14H24N4OS. The Bertz CT molecular complexity index is 472. The third-order valence-electron chi connectivity index (χ3n) is 3.57. The van der Waals surface area contributed by atoms with Crippen molar-refractivity contribution >= 4 is 28.2 Å². The maximum atomic E-state index is 12.6. The Morgan fingerprint density at radius 1 is 1.55 bits per heavy atom. The van der Waals surface area contributed by atoms with Crippen molar-refractivity contribution in [3.05, 3.63) is 4.88 Å². The zero-order valence-corrected chi connectivity index (χ0v) is 13.3. The highest BCUT2D eigenvalue weighted by atomic mass is 32.1. The number of carbonyl (C=O) groups excluding carboxylic acids is 1. The van der Waals surface area contributed by atoms with E-state index in [9.17, 15) is 4.79 Å². The molecule has 1 fully saturated rings. The van der Waals surface area contributed by atoms with Crippen molar-refractivity contribution in [1.82, 2.24) is 9.88 Å². The Kier molecular flexibility index (Phi) is 4.86. The number of nitrogens with two attached hydrogens (primary N) is 1. The van der Waals surface area contributed by atoms with Gasteiger partial charge in [0.05, 0.1) is 0 Å². The molecule has 0 aliphatic carbocycles. The number of nitrogens with zero attached hydrogens (tertiary/aromatic N) is 2. The molecule has 0 aromatic carbocycles. The Morgan fingerprint density at radius 3 is 2.95 bits per heavy atom. The third kappa shape index (κ3) is 3.42. The van der Waals surface area contributed by atoms with Crippen molar-refractivity contribution in [1.29, 1.82) is 0 Å². The molecule has 6 heteroatoms. The first kappa shape index (κ1) is 15.1. The van der Waals surface area contributed by atoms with E-state index in [1.165, 1.54) is 17.8 Å². The molecule has 1 saturated heterocycles. The molecule has 1 aliphatic heterocycles. The van der Waals surface area contributed by atoms with Crippen LogP contribution in [0.5, 0.6) is 0 Å². The minimum Gasteiger partial charge on any atom is -0.382 e. The zero-order valence-electron chi connectivity index (χ0n) is 12.5. The van der Waals surface area contributed by atoms with Gasteiger partial charge < -0.3 is 16.0 Å². The van der Waals surface area contributed by atoms with E-state index >= 15 is 0 Å². The van der Waals surface area contributed by atoms with Crippen LogP contribution in [0.4, 0.5) is 10.9 Å². The van der Waals surface area contributed by atoms with Crippen LogP contribution in [0.1, 0.15) is 49.7 Å². The van der Waals surface area contributed by atoms with Gasteiger partial charge in [-0.2, -0.15) is 0 Å². The van der Waals surface area contributed by atoms with Crippen LogP contribution in [0, 0.1) is 5.92 Å². The molecule has 1 aliphatic rings. The molecule has 2 rings (SSSR count). The number of piperidine rings is 1. The van der Waals surface area contributed by atoms with Gasteiger partial charge in [-0.25, -0.2) is 4.98 Å². The normalized spacial score (nSPS) is 19.4. The fourth-order valence-corrected chi connectivity index (χ4v) is 3.23. The van der Waals surface area contributed by atoms with Crippen LogP contribution >= 0.6 is 11.3 Å². The zero-order chi connectivity index (χ0) is 14.7. The number of likely N-dealkylation sites (tertiary alicyclic amines) is 1. The highest BCUT2D eigenvalue weighted by molar-refractivity contribution is 7.18. The monoisotopic (exact) mass is 296 g/mol. The average molecular weight is 296 g/mol. The Labute approximate surface area is 124 Å². The summed E-state index contributed by atoms with van der Waals surface area (Å²) < 4.78 is 0. The van der Waals surface area contributed by atoms with E-state index in [0.717, 1.165) is 31.1 Å². The molecule has 1 atom stereocenters. The highest BCUT2D eigenvalue weighted by Crippen LogP contribution is 2.28. The van der Waals surface area contributed by atoms with Gasteiger partial charge in [0.2, 0.25) is 0 Å². The smallest absolute Gasteiger partial charge is 0.268 e. The van der Waals surface area contributed by atoms with Gasteiger partial charge in [0.15, 0.2) is 5.13 Å². The second kappa shape index (κ2) is 6.43. The summed E-state index contributed by atoms with van der Waals surface area (Å²) in [7, 11) is 0. The lowest BCUT2D eigenvalue weighted by Gasteiger charge is -2.33. The number of carbonyl (C=O) groups is 1. The average Bonchev–Trinajstić information content (AvgIpc) is 2.77. The minimum absolute atomic E-state index is 0.0322. The Balaban J connectivity index is 2.09. The van der Waals surface area contributed by atoms with Crippen LogP contribution in [-0.2, 0) is 0 Å². The number of amides is 1. The second-order valence-corrected chi connectivity index (χ2v) is 6.85.